The van der Waals surface area contributed by atoms with Crippen LogP contribution in [0, 0.1) is 0 Å². The van der Waals surface area contributed by atoms with Crippen molar-refractivity contribution in [3.8, 4) is 0 Å². The lowest BCUT2D eigenvalue weighted by Gasteiger charge is -2.14. The van der Waals surface area contributed by atoms with E-state index < -0.39 is 22.1 Å². The van der Waals surface area contributed by atoms with E-state index >= 15 is 0 Å². The van der Waals surface area contributed by atoms with E-state index in [-0.39, 0.29) is 17.2 Å². The number of amides is 1. The minimum atomic E-state index is -3.59. The number of ether oxygens (including phenoxy) is 1. The molecule has 0 aliphatic carbocycles. The average Bonchev–Trinajstić information content (AvgIpc) is 2.91. The standard InChI is InChI=1S/C18H18N2O5S/c1-20(2)26(23,24)13-7-5-6-12(10-13)19-17(21)11-16-14-8-3-4-9-15(14)18(22)25-16/h3-10,16H,11H2,1-2H3,(H,19,21)/t16-/m0/s1. The Kier molecular flexibility index (Phi) is 4.80. The van der Waals surface area contributed by atoms with Gasteiger partial charge < -0.3 is 10.1 Å². The average molecular weight is 374 g/mol. The zero-order valence-corrected chi connectivity index (χ0v) is 15.1. The first-order valence-electron chi connectivity index (χ1n) is 7.91. The molecule has 0 radical (unpaired) electrons. The number of hydrogen-bond donors (Lipinski definition) is 1. The van der Waals surface area contributed by atoms with Crippen LogP contribution < -0.4 is 5.32 Å². The Morgan fingerprint density at radius 1 is 1.15 bits per heavy atom. The number of cyclic esters (lactones) is 1. The van der Waals surface area contributed by atoms with E-state index in [2.05, 4.69) is 5.32 Å². The van der Waals surface area contributed by atoms with Gasteiger partial charge in [0.25, 0.3) is 0 Å². The quantitative estimate of drug-likeness (QED) is 0.810. The molecule has 1 heterocycles. The van der Waals surface area contributed by atoms with Crippen LogP contribution in [0.5, 0.6) is 0 Å². The van der Waals surface area contributed by atoms with Crippen LogP contribution in [0.3, 0.4) is 0 Å². The summed E-state index contributed by atoms with van der Waals surface area (Å²) in [4.78, 5) is 24.2. The van der Waals surface area contributed by atoms with Crippen molar-refractivity contribution in [3.63, 3.8) is 0 Å². The van der Waals surface area contributed by atoms with Gasteiger partial charge in [-0.25, -0.2) is 17.5 Å². The Balaban J connectivity index is 1.73. The summed E-state index contributed by atoms with van der Waals surface area (Å²) in [5.74, 6) is -0.823. The third kappa shape index (κ3) is 3.47. The molecule has 8 heteroatoms. The summed E-state index contributed by atoms with van der Waals surface area (Å²) in [5.41, 5.74) is 1.50. The topological polar surface area (TPSA) is 92.8 Å². The zero-order chi connectivity index (χ0) is 18.9. The van der Waals surface area contributed by atoms with Gasteiger partial charge in [-0.2, -0.15) is 0 Å². The maximum atomic E-state index is 12.3. The molecule has 1 aliphatic heterocycles. The molecule has 1 atom stereocenters. The highest BCUT2D eigenvalue weighted by atomic mass is 32.2. The minimum Gasteiger partial charge on any atom is -0.453 e. The van der Waals surface area contributed by atoms with Crippen molar-refractivity contribution in [2.24, 2.45) is 0 Å². The molecular weight excluding hydrogens is 356 g/mol. The summed E-state index contributed by atoms with van der Waals surface area (Å²) in [6.45, 7) is 0. The van der Waals surface area contributed by atoms with Crippen molar-refractivity contribution in [3.05, 3.63) is 59.7 Å². The van der Waals surface area contributed by atoms with Gasteiger partial charge in [-0.3, -0.25) is 4.79 Å². The molecule has 0 saturated heterocycles. The molecule has 0 aromatic heterocycles. The summed E-state index contributed by atoms with van der Waals surface area (Å²) in [5, 5.41) is 2.65. The van der Waals surface area contributed by atoms with Gasteiger partial charge in [0.1, 0.15) is 6.10 Å². The Morgan fingerprint density at radius 2 is 1.88 bits per heavy atom. The predicted molar refractivity (Wildman–Crippen MR) is 95.2 cm³/mol. The van der Waals surface area contributed by atoms with Crippen LogP contribution in [-0.2, 0) is 19.6 Å². The molecule has 0 bridgehead atoms. The smallest absolute Gasteiger partial charge is 0.339 e. The Morgan fingerprint density at radius 3 is 2.62 bits per heavy atom. The number of carbonyl (C=O) groups is 2. The largest absolute Gasteiger partial charge is 0.453 e. The second-order valence-corrected chi connectivity index (χ2v) is 8.20. The van der Waals surface area contributed by atoms with E-state index in [1.807, 2.05) is 0 Å². The number of nitrogens with zero attached hydrogens (tertiary/aromatic N) is 1. The van der Waals surface area contributed by atoms with Gasteiger partial charge in [-0.05, 0) is 24.3 Å². The van der Waals surface area contributed by atoms with Crippen LogP contribution in [0.2, 0.25) is 0 Å². The van der Waals surface area contributed by atoms with E-state index in [4.69, 9.17) is 4.74 Å². The molecule has 0 fully saturated rings. The molecular formula is C18H18N2O5S. The fraction of sp³-hybridized carbons (Fsp3) is 0.222. The number of rotatable bonds is 5. The van der Waals surface area contributed by atoms with Crippen molar-refractivity contribution >= 4 is 27.6 Å². The molecule has 0 unspecified atom stereocenters. The van der Waals surface area contributed by atoms with Crippen LogP contribution in [0.4, 0.5) is 5.69 Å². The maximum Gasteiger partial charge on any atom is 0.339 e. The number of carbonyl (C=O) groups excluding carboxylic acids is 2. The number of benzene rings is 2. The molecule has 2 aromatic rings. The molecule has 0 spiro atoms. The van der Waals surface area contributed by atoms with Crippen molar-refractivity contribution < 1.29 is 22.7 Å². The van der Waals surface area contributed by atoms with E-state index in [9.17, 15) is 18.0 Å². The molecule has 136 valence electrons. The monoisotopic (exact) mass is 374 g/mol. The first-order valence-corrected chi connectivity index (χ1v) is 9.35. The van der Waals surface area contributed by atoms with Crippen LogP contribution in [-0.4, -0.2) is 38.7 Å². The van der Waals surface area contributed by atoms with Crippen LogP contribution in [0.1, 0.15) is 28.4 Å². The number of hydrogen-bond acceptors (Lipinski definition) is 5. The van der Waals surface area contributed by atoms with Gasteiger partial charge in [0.2, 0.25) is 15.9 Å². The van der Waals surface area contributed by atoms with E-state index in [0.717, 1.165) is 4.31 Å². The van der Waals surface area contributed by atoms with Crippen molar-refractivity contribution in [2.75, 3.05) is 19.4 Å². The number of fused-ring (bicyclic) bond motifs is 1. The molecule has 1 amide bonds. The van der Waals surface area contributed by atoms with Crippen molar-refractivity contribution in [2.45, 2.75) is 17.4 Å². The second kappa shape index (κ2) is 6.89. The summed E-state index contributed by atoms with van der Waals surface area (Å²) < 4.78 is 30.7. The van der Waals surface area contributed by atoms with E-state index in [1.165, 1.54) is 26.2 Å². The van der Waals surface area contributed by atoms with Gasteiger partial charge in [-0.15, -0.1) is 0 Å². The van der Waals surface area contributed by atoms with Crippen LogP contribution in [0.25, 0.3) is 0 Å². The zero-order valence-electron chi connectivity index (χ0n) is 14.3. The summed E-state index contributed by atoms with van der Waals surface area (Å²) in [6, 6.07) is 12.9. The van der Waals surface area contributed by atoms with Gasteiger partial charge >= 0.3 is 5.97 Å². The fourth-order valence-electron chi connectivity index (χ4n) is 2.70. The summed E-state index contributed by atoms with van der Waals surface area (Å²) in [7, 11) is -0.718. The molecule has 1 aliphatic rings. The molecule has 1 N–H and O–H groups in total. The van der Waals surface area contributed by atoms with Gasteiger partial charge in [0, 0.05) is 25.3 Å². The Hall–Kier alpha value is -2.71. The lowest BCUT2D eigenvalue weighted by Crippen LogP contribution is -2.22. The molecule has 2 aromatic carbocycles. The van der Waals surface area contributed by atoms with Crippen molar-refractivity contribution in [1.82, 2.24) is 4.31 Å². The highest BCUT2D eigenvalue weighted by Gasteiger charge is 2.32. The summed E-state index contributed by atoms with van der Waals surface area (Å²) in [6.07, 6.45) is -0.694. The van der Waals surface area contributed by atoms with E-state index in [0.29, 0.717) is 16.8 Å². The van der Waals surface area contributed by atoms with E-state index in [1.54, 1.807) is 36.4 Å². The SMILES string of the molecule is CN(C)S(=O)(=O)c1cccc(NC(=O)C[C@@H]2OC(=O)c3ccccc32)c1. The maximum absolute atomic E-state index is 12.3. The lowest BCUT2D eigenvalue weighted by molar-refractivity contribution is -0.118. The molecule has 0 saturated carbocycles. The van der Waals surface area contributed by atoms with Crippen LogP contribution in [0.15, 0.2) is 53.4 Å². The van der Waals surface area contributed by atoms with Gasteiger partial charge in [0.05, 0.1) is 16.9 Å². The first kappa shape index (κ1) is 18.1. The van der Waals surface area contributed by atoms with Crippen molar-refractivity contribution in [1.29, 1.82) is 0 Å². The van der Waals surface area contributed by atoms with Gasteiger partial charge in [-0.1, -0.05) is 24.3 Å². The highest BCUT2D eigenvalue weighted by molar-refractivity contribution is 7.89. The number of nitrogens with one attached hydrogen (secondary N) is 1. The molecule has 26 heavy (non-hydrogen) atoms. The second-order valence-electron chi connectivity index (χ2n) is 6.05. The fourth-order valence-corrected chi connectivity index (χ4v) is 3.65. The van der Waals surface area contributed by atoms with Crippen LogP contribution >= 0.6 is 0 Å². The normalized spacial score (nSPS) is 16.3. The Bertz CT molecular complexity index is 969. The predicted octanol–water partition coefficient (Wildman–Crippen LogP) is 2.18. The highest BCUT2D eigenvalue weighted by Crippen LogP contribution is 2.33. The minimum absolute atomic E-state index is 0.0482. The third-order valence-electron chi connectivity index (χ3n) is 4.04. The molecule has 7 nitrogen and oxygen atoms in total. The number of anilines is 1. The first-order chi connectivity index (χ1) is 12.3. The number of sulfonamides is 1. The number of esters is 1. The molecule has 3 rings (SSSR count). The van der Waals surface area contributed by atoms with Gasteiger partial charge in [0.15, 0.2) is 0 Å². The Labute approximate surface area is 151 Å². The lowest BCUT2D eigenvalue weighted by atomic mass is 10.0. The summed E-state index contributed by atoms with van der Waals surface area (Å²) >= 11 is 0. The third-order valence-corrected chi connectivity index (χ3v) is 5.86.